The molecule has 0 radical (unpaired) electrons. The van der Waals surface area contributed by atoms with Crippen molar-refractivity contribution in [2.75, 3.05) is 0 Å². The molecule has 1 N–H and O–H groups in total. The van der Waals surface area contributed by atoms with Gasteiger partial charge in [0.2, 0.25) is 0 Å². The fourth-order valence-electron chi connectivity index (χ4n) is 6.32. The number of benzene rings is 2. The summed E-state index contributed by atoms with van der Waals surface area (Å²) < 4.78 is 1.98. The van der Waals surface area contributed by atoms with Crippen LogP contribution in [0.1, 0.15) is 31.5 Å². The summed E-state index contributed by atoms with van der Waals surface area (Å²) in [6.07, 6.45) is 4.96. The van der Waals surface area contributed by atoms with E-state index in [9.17, 15) is 10.4 Å². The minimum atomic E-state index is -0.733. The molecular formula is C31H28N4O. The van der Waals surface area contributed by atoms with Crippen LogP contribution in [-0.4, -0.2) is 26.0 Å². The van der Waals surface area contributed by atoms with E-state index in [-0.39, 0.29) is 11.8 Å². The lowest BCUT2D eigenvalue weighted by Gasteiger charge is -2.47. The lowest BCUT2D eigenvalue weighted by molar-refractivity contribution is 0.0664. The zero-order chi connectivity index (χ0) is 24.9. The van der Waals surface area contributed by atoms with Gasteiger partial charge in [-0.25, -0.2) is 9.67 Å². The van der Waals surface area contributed by atoms with E-state index in [1.54, 1.807) is 0 Å². The molecular weight excluding hydrogens is 444 g/mol. The van der Waals surface area contributed by atoms with E-state index in [1.807, 2.05) is 59.4 Å². The molecule has 0 fully saturated rings. The number of nitrogens with zero attached hydrogens (tertiary/aromatic N) is 4. The highest BCUT2D eigenvalue weighted by atomic mass is 16.3. The summed E-state index contributed by atoms with van der Waals surface area (Å²) in [5.74, 6) is 0.917. The van der Waals surface area contributed by atoms with Crippen LogP contribution in [-0.2, 0) is 11.8 Å². The molecule has 2 aromatic carbocycles. The van der Waals surface area contributed by atoms with Crippen molar-refractivity contribution in [1.29, 1.82) is 5.26 Å². The van der Waals surface area contributed by atoms with Gasteiger partial charge in [-0.15, -0.1) is 0 Å². The molecule has 6 rings (SSSR count). The third-order valence-corrected chi connectivity index (χ3v) is 8.12. The van der Waals surface area contributed by atoms with Crippen LogP contribution in [0.15, 0.2) is 90.6 Å². The van der Waals surface area contributed by atoms with Crippen molar-refractivity contribution in [3.8, 4) is 34.3 Å². The highest BCUT2D eigenvalue weighted by Crippen LogP contribution is 2.52. The lowest BCUT2D eigenvalue weighted by atomic mass is 9.57. The molecule has 5 heteroatoms. The summed E-state index contributed by atoms with van der Waals surface area (Å²) in [5, 5.41) is 25.8. The highest BCUT2D eigenvalue weighted by Gasteiger charge is 2.50. The topological polar surface area (TPSA) is 74.7 Å². The van der Waals surface area contributed by atoms with Gasteiger partial charge in [0.05, 0.1) is 29.1 Å². The Balaban J connectivity index is 1.57. The van der Waals surface area contributed by atoms with Gasteiger partial charge in [-0.1, -0.05) is 80.6 Å². The number of rotatable bonds is 3. The van der Waals surface area contributed by atoms with Crippen molar-refractivity contribution >= 4 is 0 Å². The van der Waals surface area contributed by atoms with E-state index >= 15 is 0 Å². The Kier molecular flexibility index (Phi) is 5.35. The average molecular weight is 473 g/mol. The van der Waals surface area contributed by atoms with E-state index in [0.717, 1.165) is 46.7 Å². The Morgan fingerprint density at radius 2 is 1.67 bits per heavy atom. The molecule has 0 spiro atoms. The second-order valence-corrected chi connectivity index (χ2v) is 10.2. The summed E-state index contributed by atoms with van der Waals surface area (Å²) >= 11 is 0. The molecule has 2 aliphatic carbocycles. The average Bonchev–Trinajstić information content (AvgIpc) is 3.33. The number of aromatic nitrogens is 3. The summed E-state index contributed by atoms with van der Waals surface area (Å²) in [4.78, 5) is 4.85. The van der Waals surface area contributed by atoms with Gasteiger partial charge in [0.25, 0.3) is 0 Å². The monoisotopic (exact) mass is 472 g/mol. The second kappa shape index (κ2) is 8.58. The molecule has 0 bridgehead atoms. The highest BCUT2D eigenvalue weighted by molar-refractivity contribution is 5.68. The number of pyridine rings is 1. The molecule has 1 unspecified atom stereocenters. The first-order chi connectivity index (χ1) is 17.5. The molecule has 2 aliphatic rings. The predicted octanol–water partition coefficient (Wildman–Crippen LogP) is 5.88. The zero-order valence-corrected chi connectivity index (χ0v) is 20.5. The molecule has 2 heterocycles. The van der Waals surface area contributed by atoms with Crippen LogP contribution < -0.4 is 0 Å². The van der Waals surface area contributed by atoms with Crippen molar-refractivity contribution in [2.45, 2.75) is 38.2 Å². The van der Waals surface area contributed by atoms with Gasteiger partial charge in [0.1, 0.15) is 0 Å². The standard InChI is InChI=1S/C31H28N4O/c1-20-26-15-14-25-28(22-11-7-4-8-12-22)34-35(30(25)31(26,2)17-24(18-32)29(20)36)27-16-13-23(19-33-27)21-9-5-3-6-10-21/h3-13,16-17,19-20,26,29,36H,14-15H2,1-2H3/t20-,26-,29?,31-/m1/s1. The van der Waals surface area contributed by atoms with Crippen LogP contribution in [0.3, 0.4) is 0 Å². The van der Waals surface area contributed by atoms with Crippen LogP contribution in [0.2, 0.25) is 0 Å². The van der Waals surface area contributed by atoms with Gasteiger partial charge < -0.3 is 5.11 Å². The summed E-state index contributed by atoms with van der Waals surface area (Å²) in [6.45, 7) is 4.26. The maximum absolute atomic E-state index is 10.8. The Morgan fingerprint density at radius 3 is 2.31 bits per heavy atom. The second-order valence-electron chi connectivity index (χ2n) is 10.2. The number of aliphatic hydroxyl groups excluding tert-OH is 1. The SMILES string of the molecule is C[C@H]1C(O)C(C#N)=C[C@@]2(C)c3c(c(-c4ccccc4)nn3-c3ccc(-c4ccccc4)cn3)CC[C@H]12. The zero-order valence-electron chi connectivity index (χ0n) is 20.5. The van der Waals surface area contributed by atoms with Crippen molar-refractivity contribution < 1.29 is 5.11 Å². The molecule has 0 saturated carbocycles. The molecule has 36 heavy (non-hydrogen) atoms. The van der Waals surface area contributed by atoms with Gasteiger partial charge in [-0.2, -0.15) is 10.4 Å². The number of hydrogen-bond donors (Lipinski definition) is 1. The van der Waals surface area contributed by atoms with Crippen LogP contribution >= 0.6 is 0 Å². The molecule has 0 aliphatic heterocycles. The van der Waals surface area contributed by atoms with E-state index in [1.165, 1.54) is 5.56 Å². The largest absolute Gasteiger partial charge is 0.387 e. The summed E-state index contributed by atoms with van der Waals surface area (Å²) in [5.41, 5.74) is 6.47. The van der Waals surface area contributed by atoms with Gasteiger partial charge >= 0.3 is 0 Å². The van der Waals surface area contributed by atoms with Gasteiger partial charge in [-0.05, 0) is 42.4 Å². The van der Waals surface area contributed by atoms with Crippen LogP contribution in [0.4, 0.5) is 0 Å². The van der Waals surface area contributed by atoms with Gasteiger partial charge in [0, 0.05) is 28.3 Å². The maximum atomic E-state index is 10.8. The normalized spacial score (nSPS) is 24.8. The first-order valence-corrected chi connectivity index (χ1v) is 12.5. The lowest BCUT2D eigenvalue weighted by Crippen LogP contribution is -2.47. The number of allylic oxidation sites excluding steroid dienone is 1. The van der Waals surface area contributed by atoms with E-state index in [0.29, 0.717) is 5.57 Å². The van der Waals surface area contributed by atoms with E-state index in [4.69, 9.17) is 10.1 Å². The Morgan fingerprint density at radius 1 is 0.972 bits per heavy atom. The number of nitriles is 1. The van der Waals surface area contributed by atoms with Crippen LogP contribution in [0.25, 0.3) is 28.2 Å². The van der Waals surface area contributed by atoms with Crippen LogP contribution in [0.5, 0.6) is 0 Å². The molecule has 2 aromatic heterocycles. The van der Waals surface area contributed by atoms with Crippen LogP contribution in [0, 0.1) is 23.2 Å². The molecule has 178 valence electrons. The van der Waals surface area contributed by atoms with Crippen molar-refractivity contribution in [1.82, 2.24) is 14.8 Å². The fraction of sp³-hybridized carbons (Fsp3) is 0.258. The third kappa shape index (κ3) is 3.41. The number of hydrogen-bond acceptors (Lipinski definition) is 4. The molecule has 0 amide bonds. The molecule has 4 atom stereocenters. The molecule has 4 aromatic rings. The molecule has 5 nitrogen and oxygen atoms in total. The summed E-state index contributed by atoms with van der Waals surface area (Å²) in [7, 11) is 0. The quantitative estimate of drug-likeness (QED) is 0.404. The first kappa shape index (κ1) is 22.5. The Labute approximate surface area is 211 Å². The maximum Gasteiger partial charge on any atom is 0.153 e. The number of fused-ring (bicyclic) bond motifs is 3. The minimum absolute atomic E-state index is 0.0280. The Hall–Kier alpha value is -4.01. The smallest absolute Gasteiger partial charge is 0.153 e. The van der Waals surface area contributed by atoms with E-state index in [2.05, 4.69) is 50.2 Å². The summed E-state index contributed by atoms with van der Waals surface area (Å²) in [6, 6.07) is 26.9. The Bertz CT molecular complexity index is 1480. The third-order valence-electron chi connectivity index (χ3n) is 8.12. The minimum Gasteiger partial charge on any atom is -0.387 e. The van der Waals surface area contributed by atoms with Crippen molar-refractivity contribution in [2.24, 2.45) is 11.8 Å². The molecule has 0 saturated heterocycles. The van der Waals surface area contributed by atoms with Gasteiger partial charge in [0.15, 0.2) is 5.82 Å². The van der Waals surface area contributed by atoms with Crippen molar-refractivity contribution in [3.63, 3.8) is 0 Å². The van der Waals surface area contributed by atoms with E-state index < -0.39 is 11.5 Å². The predicted molar refractivity (Wildman–Crippen MR) is 140 cm³/mol. The van der Waals surface area contributed by atoms with Gasteiger partial charge in [-0.3, -0.25) is 0 Å². The first-order valence-electron chi connectivity index (χ1n) is 12.5. The fourth-order valence-corrected chi connectivity index (χ4v) is 6.32. The van der Waals surface area contributed by atoms with Crippen molar-refractivity contribution in [3.05, 3.63) is 102 Å². The number of aliphatic hydroxyl groups is 1.